The highest BCUT2D eigenvalue weighted by Gasteiger charge is 2.12. The maximum Gasteiger partial charge on any atom is 0.163 e. The van der Waals surface area contributed by atoms with E-state index >= 15 is 0 Å². The standard InChI is InChI=1S/C14H15BrN4O2/c1-16-13-12(15)14(18-8-17-13)19-9-3-4-10-11(7-9)21-6-2-5-20-10/h3-4,7-8H,2,5-6H2,1H3,(H2,16,17,18,19). The van der Waals surface area contributed by atoms with Gasteiger partial charge in [-0.1, -0.05) is 0 Å². The molecular formula is C14H15BrN4O2. The Morgan fingerprint density at radius 3 is 2.67 bits per heavy atom. The molecule has 0 bridgehead atoms. The summed E-state index contributed by atoms with van der Waals surface area (Å²) >= 11 is 3.48. The van der Waals surface area contributed by atoms with Gasteiger partial charge in [0.15, 0.2) is 11.5 Å². The van der Waals surface area contributed by atoms with E-state index in [-0.39, 0.29) is 0 Å². The molecule has 0 atom stereocenters. The molecule has 0 fully saturated rings. The molecule has 1 aromatic heterocycles. The van der Waals surface area contributed by atoms with Crippen LogP contribution in [0.25, 0.3) is 0 Å². The van der Waals surface area contributed by atoms with Gasteiger partial charge in [-0.25, -0.2) is 9.97 Å². The molecule has 0 spiro atoms. The Hall–Kier alpha value is -2.02. The number of nitrogens with one attached hydrogen (secondary N) is 2. The molecule has 2 aromatic rings. The molecule has 0 saturated carbocycles. The summed E-state index contributed by atoms with van der Waals surface area (Å²) in [5.74, 6) is 2.93. The Morgan fingerprint density at radius 2 is 1.86 bits per heavy atom. The van der Waals surface area contributed by atoms with E-state index in [9.17, 15) is 0 Å². The predicted molar refractivity (Wildman–Crippen MR) is 84.6 cm³/mol. The van der Waals surface area contributed by atoms with Gasteiger partial charge in [-0.3, -0.25) is 0 Å². The zero-order chi connectivity index (χ0) is 14.7. The fourth-order valence-corrected chi connectivity index (χ4v) is 2.51. The van der Waals surface area contributed by atoms with E-state index in [1.54, 1.807) is 0 Å². The van der Waals surface area contributed by atoms with Crippen molar-refractivity contribution in [3.05, 3.63) is 29.0 Å². The molecule has 0 radical (unpaired) electrons. The van der Waals surface area contributed by atoms with Crippen LogP contribution in [0.2, 0.25) is 0 Å². The van der Waals surface area contributed by atoms with Crippen molar-refractivity contribution >= 4 is 33.3 Å². The molecule has 1 aliphatic heterocycles. The first-order valence-corrected chi connectivity index (χ1v) is 7.42. The lowest BCUT2D eigenvalue weighted by atomic mass is 10.2. The normalized spacial score (nSPS) is 13.4. The van der Waals surface area contributed by atoms with Crippen molar-refractivity contribution in [3.8, 4) is 11.5 Å². The average Bonchev–Trinajstić information content (AvgIpc) is 2.74. The van der Waals surface area contributed by atoms with Gasteiger partial charge in [-0.15, -0.1) is 0 Å². The maximum atomic E-state index is 5.68. The number of ether oxygens (including phenoxy) is 2. The highest BCUT2D eigenvalue weighted by molar-refractivity contribution is 9.10. The smallest absolute Gasteiger partial charge is 0.163 e. The summed E-state index contributed by atoms with van der Waals surface area (Å²) in [4.78, 5) is 8.36. The van der Waals surface area contributed by atoms with Crippen molar-refractivity contribution in [1.82, 2.24) is 9.97 Å². The number of aromatic nitrogens is 2. The molecule has 0 saturated heterocycles. The largest absolute Gasteiger partial charge is 0.490 e. The van der Waals surface area contributed by atoms with E-state index in [0.717, 1.165) is 33.9 Å². The van der Waals surface area contributed by atoms with Crippen LogP contribution in [0.1, 0.15) is 6.42 Å². The van der Waals surface area contributed by atoms with Crippen molar-refractivity contribution in [2.24, 2.45) is 0 Å². The van der Waals surface area contributed by atoms with Crippen LogP contribution in [0, 0.1) is 0 Å². The van der Waals surface area contributed by atoms with Gasteiger partial charge in [0.1, 0.15) is 22.4 Å². The molecule has 7 heteroatoms. The van der Waals surface area contributed by atoms with E-state index in [2.05, 4.69) is 36.5 Å². The van der Waals surface area contributed by atoms with Crippen LogP contribution < -0.4 is 20.1 Å². The van der Waals surface area contributed by atoms with Crippen LogP contribution in [0.5, 0.6) is 11.5 Å². The first-order chi connectivity index (χ1) is 10.3. The molecule has 3 rings (SSSR count). The number of anilines is 3. The van der Waals surface area contributed by atoms with E-state index in [4.69, 9.17) is 9.47 Å². The van der Waals surface area contributed by atoms with Gasteiger partial charge in [0.2, 0.25) is 0 Å². The second-order valence-electron chi connectivity index (χ2n) is 4.47. The zero-order valence-corrected chi connectivity index (χ0v) is 13.1. The number of fused-ring (bicyclic) bond motifs is 1. The molecule has 1 aromatic carbocycles. The Bertz CT molecular complexity index is 651. The number of hydrogen-bond donors (Lipinski definition) is 2. The van der Waals surface area contributed by atoms with Crippen molar-refractivity contribution in [2.75, 3.05) is 30.9 Å². The summed E-state index contributed by atoms with van der Waals surface area (Å²) in [6, 6.07) is 5.74. The van der Waals surface area contributed by atoms with Crippen LogP contribution in [-0.2, 0) is 0 Å². The SMILES string of the molecule is CNc1ncnc(Nc2ccc3c(c2)OCCCO3)c1Br. The number of benzene rings is 1. The van der Waals surface area contributed by atoms with Gasteiger partial charge in [0.05, 0.1) is 13.2 Å². The summed E-state index contributed by atoms with van der Waals surface area (Å²) in [6.45, 7) is 1.35. The third-order valence-electron chi connectivity index (χ3n) is 3.04. The fraction of sp³-hybridized carbons (Fsp3) is 0.286. The van der Waals surface area contributed by atoms with Crippen molar-refractivity contribution in [1.29, 1.82) is 0 Å². The lowest BCUT2D eigenvalue weighted by Gasteiger charge is -2.12. The number of nitrogens with zero attached hydrogens (tertiary/aromatic N) is 2. The molecule has 21 heavy (non-hydrogen) atoms. The molecule has 6 nitrogen and oxygen atoms in total. The third kappa shape index (κ3) is 3.02. The quantitative estimate of drug-likeness (QED) is 0.885. The lowest BCUT2D eigenvalue weighted by Crippen LogP contribution is -2.01. The number of rotatable bonds is 3. The monoisotopic (exact) mass is 350 g/mol. The number of hydrogen-bond acceptors (Lipinski definition) is 6. The van der Waals surface area contributed by atoms with Gasteiger partial charge < -0.3 is 20.1 Å². The Morgan fingerprint density at radius 1 is 1.10 bits per heavy atom. The Labute approximate surface area is 131 Å². The van der Waals surface area contributed by atoms with Crippen molar-refractivity contribution in [3.63, 3.8) is 0 Å². The van der Waals surface area contributed by atoms with E-state index in [1.807, 2.05) is 25.2 Å². The molecule has 0 aliphatic carbocycles. The highest BCUT2D eigenvalue weighted by atomic mass is 79.9. The van der Waals surface area contributed by atoms with Crippen molar-refractivity contribution in [2.45, 2.75) is 6.42 Å². The highest BCUT2D eigenvalue weighted by Crippen LogP contribution is 2.34. The first-order valence-electron chi connectivity index (χ1n) is 6.63. The van der Waals surface area contributed by atoms with Crippen LogP contribution in [0.4, 0.5) is 17.3 Å². The van der Waals surface area contributed by atoms with E-state index in [1.165, 1.54) is 6.33 Å². The van der Waals surface area contributed by atoms with Gasteiger partial charge in [0.25, 0.3) is 0 Å². The molecule has 0 unspecified atom stereocenters. The van der Waals surface area contributed by atoms with E-state index < -0.39 is 0 Å². The Balaban J connectivity index is 1.87. The van der Waals surface area contributed by atoms with Gasteiger partial charge in [-0.05, 0) is 28.1 Å². The van der Waals surface area contributed by atoms with Gasteiger partial charge in [0, 0.05) is 25.2 Å². The van der Waals surface area contributed by atoms with Crippen LogP contribution in [0.15, 0.2) is 29.0 Å². The molecule has 2 N–H and O–H groups in total. The average molecular weight is 351 g/mol. The molecular weight excluding hydrogens is 336 g/mol. The van der Waals surface area contributed by atoms with Crippen LogP contribution in [0.3, 0.4) is 0 Å². The molecule has 2 heterocycles. The second-order valence-corrected chi connectivity index (χ2v) is 5.26. The minimum absolute atomic E-state index is 0.664. The van der Waals surface area contributed by atoms with Gasteiger partial charge >= 0.3 is 0 Å². The third-order valence-corrected chi connectivity index (χ3v) is 3.79. The molecule has 1 aliphatic rings. The zero-order valence-electron chi connectivity index (χ0n) is 11.5. The molecule has 0 amide bonds. The first kappa shape index (κ1) is 13.9. The minimum atomic E-state index is 0.664. The minimum Gasteiger partial charge on any atom is -0.490 e. The topological polar surface area (TPSA) is 68.3 Å². The van der Waals surface area contributed by atoms with Crippen molar-refractivity contribution < 1.29 is 9.47 Å². The van der Waals surface area contributed by atoms with E-state index in [0.29, 0.717) is 19.0 Å². The Kier molecular flexibility index (Phi) is 4.10. The maximum absolute atomic E-state index is 5.68. The summed E-state index contributed by atoms with van der Waals surface area (Å²) in [6.07, 6.45) is 2.39. The number of halogens is 1. The summed E-state index contributed by atoms with van der Waals surface area (Å²) in [5, 5.41) is 6.24. The fourth-order valence-electron chi connectivity index (χ4n) is 2.01. The summed E-state index contributed by atoms with van der Waals surface area (Å²) in [7, 11) is 1.81. The predicted octanol–water partition coefficient (Wildman–Crippen LogP) is 3.19. The second kappa shape index (κ2) is 6.17. The van der Waals surface area contributed by atoms with Crippen LogP contribution >= 0.6 is 15.9 Å². The summed E-state index contributed by atoms with van der Waals surface area (Å²) in [5.41, 5.74) is 0.876. The van der Waals surface area contributed by atoms with Crippen LogP contribution in [-0.4, -0.2) is 30.2 Å². The molecule has 110 valence electrons. The lowest BCUT2D eigenvalue weighted by molar-refractivity contribution is 0.297. The summed E-state index contributed by atoms with van der Waals surface area (Å²) < 4.78 is 12.1. The van der Waals surface area contributed by atoms with Gasteiger partial charge in [-0.2, -0.15) is 0 Å².